The molecule has 0 fully saturated rings. The lowest BCUT2D eigenvalue weighted by Crippen LogP contribution is -2.57. The molecule has 18 heavy (non-hydrogen) atoms. The van der Waals surface area contributed by atoms with E-state index in [0.717, 1.165) is 25.7 Å². The number of aliphatic hydroxyl groups excluding tert-OH is 3. The zero-order valence-corrected chi connectivity index (χ0v) is 11.5. The van der Waals surface area contributed by atoms with Gasteiger partial charge in [0.05, 0.1) is 19.8 Å². The van der Waals surface area contributed by atoms with E-state index in [2.05, 4.69) is 19.2 Å². The topological polar surface area (TPSA) is 89.8 Å². The Balaban J connectivity index is 3.82. The lowest BCUT2D eigenvalue weighted by molar-refractivity contribution is -0.125. The molecule has 0 aromatic heterocycles. The van der Waals surface area contributed by atoms with Crippen molar-refractivity contribution in [1.29, 1.82) is 0 Å². The van der Waals surface area contributed by atoms with Crippen LogP contribution in [-0.4, -0.2) is 46.6 Å². The quantitative estimate of drug-likeness (QED) is 0.429. The van der Waals surface area contributed by atoms with E-state index in [1.165, 1.54) is 0 Å². The van der Waals surface area contributed by atoms with Crippen LogP contribution < -0.4 is 5.32 Å². The third-order valence-electron chi connectivity index (χ3n) is 3.00. The highest BCUT2D eigenvalue weighted by molar-refractivity contribution is 5.76. The van der Waals surface area contributed by atoms with Crippen molar-refractivity contribution in [2.45, 2.75) is 51.5 Å². The number of amides is 1. The molecule has 0 heterocycles. The van der Waals surface area contributed by atoms with Crippen molar-refractivity contribution in [3.05, 3.63) is 0 Å². The van der Waals surface area contributed by atoms with Crippen molar-refractivity contribution in [3.63, 3.8) is 0 Å². The summed E-state index contributed by atoms with van der Waals surface area (Å²) in [6.07, 6.45) is 4.41. The normalized spacial score (nSPS) is 11.9. The molecule has 0 aliphatic carbocycles. The lowest BCUT2D eigenvalue weighted by Gasteiger charge is -2.28. The Bertz CT molecular complexity index is 219. The minimum absolute atomic E-state index is 0.239. The van der Waals surface area contributed by atoms with Gasteiger partial charge in [0.1, 0.15) is 5.54 Å². The van der Waals surface area contributed by atoms with Crippen LogP contribution in [0.4, 0.5) is 0 Å². The van der Waals surface area contributed by atoms with Gasteiger partial charge >= 0.3 is 0 Å². The standard InChI is InChI=1S/C13H27NO4/c1-11(2)6-4-3-5-7-12(18)14-13(8-15,9-16)10-17/h11,15-17H,3-10H2,1-2H3,(H,14,18). The maximum absolute atomic E-state index is 11.6. The predicted octanol–water partition coefficient (Wildman–Crippen LogP) is 0.425. The Morgan fingerprint density at radius 1 is 1.06 bits per heavy atom. The summed E-state index contributed by atoms with van der Waals surface area (Å²) in [5, 5.41) is 29.7. The van der Waals surface area contributed by atoms with Crippen molar-refractivity contribution < 1.29 is 20.1 Å². The number of carbonyl (C=O) groups excluding carboxylic acids is 1. The van der Waals surface area contributed by atoms with E-state index < -0.39 is 25.4 Å². The van der Waals surface area contributed by atoms with E-state index in [9.17, 15) is 4.79 Å². The van der Waals surface area contributed by atoms with Crippen molar-refractivity contribution in [2.75, 3.05) is 19.8 Å². The van der Waals surface area contributed by atoms with Crippen LogP contribution in [0.15, 0.2) is 0 Å². The van der Waals surface area contributed by atoms with Gasteiger partial charge in [0.25, 0.3) is 0 Å². The molecule has 5 heteroatoms. The first-order valence-electron chi connectivity index (χ1n) is 6.63. The molecule has 108 valence electrons. The zero-order valence-electron chi connectivity index (χ0n) is 11.5. The first-order valence-corrected chi connectivity index (χ1v) is 6.63. The smallest absolute Gasteiger partial charge is 0.220 e. The highest BCUT2D eigenvalue weighted by Crippen LogP contribution is 2.10. The summed E-state index contributed by atoms with van der Waals surface area (Å²) in [4.78, 5) is 11.6. The Kier molecular flexibility index (Phi) is 8.97. The molecule has 0 spiro atoms. The predicted molar refractivity (Wildman–Crippen MR) is 70.1 cm³/mol. The molecule has 0 atom stereocenters. The van der Waals surface area contributed by atoms with Gasteiger partial charge in [-0.25, -0.2) is 0 Å². The van der Waals surface area contributed by atoms with Crippen LogP contribution in [-0.2, 0) is 4.79 Å². The first kappa shape index (κ1) is 17.4. The fourth-order valence-corrected chi connectivity index (χ4v) is 1.64. The van der Waals surface area contributed by atoms with E-state index in [0.29, 0.717) is 12.3 Å². The molecule has 0 bridgehead atoms. The Morgan fingerprint density at radius 3 is 2.06 bits per heavy atom. The molecule has 0 unspecified atom stereocenters. The van der Waals surface area contributed by atoms with Crippen molar-refractivity contribution >= 4 is 5.91 Å². The molecule has 0 saturated carbocycles. The molecular weight excluding hydrogens is 234 g/mol. The molecule has 1 amide bonds. The average Bonchev–Trinajstić information content (AvgIpc) is 2.35. The molecule has 0 saturated heterocycles. The zero-order chi connectivity index (χ0) is 14.0. The van der Waals surface area contributed by atoms with Gasteiger partial charge in [-0.2, -0.15) is 0 Å². The van der Waals surface area contributed by atoms with E-state index in [1.54, 1.807) is 0 Å². The fourth-order valence-electron chi connectivity index (χ4n) is 1.64. The number of carbonyl (C=O) groups is 1. The third-order valence-corrected chi connectivity index (χ3v) is 3.00. The molecular formula is C13H27NO4. The summed E-state index contributed by atoms with van der Waals surface area (Å²) in [5.41, 5.74) is -1.30. The number of unbranched alkanes of at least 4 members (excludes halogenated alkanes) is 2. The largest absolute Gasteiger partial charge is 0.394 e. The van der Waals surface area contributed by atoms with Crippen LogP contribution in [0.5, 0.6) is 0 Å². The Morgan fingerprint density at radius 2 is 1.61 bits per heavy atom. The summed E-state index contributed by atoms with van der Waals surface area (Å²) in [7, 11) is 0. The second-order valence-electron chi connectivity index (χ2n) is 5.30. The highest BCUT2D eigenvalue weighted by Gasteiger charge is 2.29. The molecule has 0 aliphatic rings. The molecule has 0 radical (unpaired) electrons. The maximum Gasteiger partial charge on any atom is 0.220 e. The van der Waals surface area contributed by atoms with E-state index in [1.807, 2.05) is 0 Å². The van der Waals surface area contributed by atoms with Crippen molar-refractivity contribution in [3.8, 4) is 0 Å². The summed E-state index contributed by atoms with van der Waals surface area (Å²) in [6, 6.07) is 0. The lowest BCUT2D eigenvalue weighted by atomic mass is 10.0. The van der Waals surface area contributed by atoms with Crippen LogP contribution in [0.1, 0.15) is 46.0 Å². The van der Waals surface area contributed by atoms with Gasteiger partial charge in [-0.1, -0.05) is 33.1 Å². The van der Waals surface area contributed by atoms with Gasteiger partial charge in [0.2, 0.25) is 5.91 Å². The van der Waals surface area contributed by atoms with Gasteiger partial charge in [-0.15, -0.1) is 0 Å². The van der Waals surface area contributed by atoms with E-state index in [4.69, 9.17) is 15.3 Å². The SMILES string of the molecule is CC(C)CCCCCC(=O)NC(CO)(CO)CO. The molecule has 4 N–H and O–H groups in total. The number of hydrogen-bond donors (Lipinski definition) is 4. The molecule has 0 aromatic carbocycles. The van der Waals surface area contributed by atoms with Crippen LogP contribution in [0, 0.1) is 5.92 Å². The average molecular weight is 261 g/mol. The molecule has 5 nitrogen and oxygen atoms in total. The molecule has 0 aliphatic heterocycles. The minimum atomic E-state index is -1.30. The fraction of sp³-hybridized carbons (Fsp3) is 0.923. The van der Waals surface area contributed by atoms with Gasteiger partial charge in [0.15, 0.2) is 0 Å². The second-order valence-corrected chi connectivity index (χ2v) is 5.30. The summed E-state index contributed by atoms with van der Waals surface area (Å²) in [6.45, 7) is 2.92. The molecule has 0 aromatic rings. The Labute approximate surface area is 109 Å². The van der Waals surface area contributed by atoms with Crippen molar-refractivity contribution in [1.82, 2.24) is 5.32 Å². The number of hydrogen-bond acceptors (Lipinski definition) is 4. The number of nitrogens with one attached hydrogen (secondary N) is 1. The van der Waals surface area contributed by atoms with Gasteiger partial charge < -0.3 is 20.6 Å². The van der Waals surface area contributed by atoms with Gasteiger partial charge in [-0.05, 0) is 12.3 Å². The minimum Gasteiger partial charge on any atom is -0.394 e. The van der Waals surface area contributed by atoms with Crippen molar-refractivity contribution in [2.24, 2.45) is 5.92 Å². The van der Waals surface area contributed by atoms with Gasteiger partial charge in [0, 0.05) is 6.42 Å². The number of aliphatic hydroxyl groups is 3. The van der Waals surface area contributed by atoms with Gasteiger partial charge in [-0.3, -0.25) is 4.79 Å². The Hall–Kier alpha value is -0.650. The maximum atomic E-state index is 11.6. The van der Waals surface area contributed by atoms with Crippen LogP contribution in [0.3, 0.4) is 0 Å². The second kappa shape index (κ2) is 9.30. The number of rotatable bonds is 10. The molecule has 0 rings (SSSR count). The van der Waals surface area contributed by atoms with Crippen LogP contribution in [0.25, 0.3) is 0 Å². The third kappa shape index (κ3) is 6.93. The summed E-state index contributed by atoms with van der Waals surface area (Å²) < 4.78 is 0. The monoisotopic (exact) mass is 261 g/mol. The van der Waals surface area contributed by atoms with E-state index in [-0.39, 0.29) is 5.91 Å². The highest BCUT2D eigenvalue weighted by atomic mass is 16.3. The summed E-state index contributed by atoms with van der Waals surface area (Å²) in [5.74, 6) is 0.446. The summed E-state index contributed by atoms with van der Waals surface area (Å²) >= 11 is 0. The van der Waals surface area contributed by atoms with Crippen LogP contribution in [0.2, 0.25) is 0 Å². The first-order chi connectivity index (χ1) is 8.49. The van der Waals surface area contributed by atoms with Crippen LogP contribution >= 0.6 is 0 Å². The van der Waals surface area contributed by atoms with E-state index >= 15 is 0 Å².